The minimum Gasteiger partial charge on any atom is -0.481 e. The molecule has 0 unspecified atom stereocenters. The van der Waals surface area contributed by atoms with Gasteiger partial charge in [-0.3, -0.25) is 14.4 Å². The lowest BCUT2D eigenvalue weighted by atomic mass is 9.33. The van der Waals surface area contributed by atoms with Crippen LogP contribution in [0.15, 0.2) is 11.6 Å². The van der Waals surface area contributed by atoms with E-state index in [0.29, 0.717) is 18.6 Å². The van der Waals surface area contributed by atoms with Crippen LogP contribution in [0.4, 0.5) is 0 Å². The van der Waals surface area contributed by atoms with Gasteiger partial charge in [-0.25, -0.2) is 0 Å². The van der Waals surface area contributed by atoms with E-state index in [0.717, 1.165) is 44.9 Å². The summed E-state index contributed by atoms with van der Waals surface area (Å²) in [5.41, 5.74) is -0.205. The first-order valence-electron chi connectivity index (χ1n) is 13.6. The summed E-state index contributed by atoms with van der Waals surface area (Å²) < 4.78 is 0. The van der Waals surface area contributed by atoms with E-state index in [1.165, 1.54) is 5.57 Å². The van der Waals surface area contributed by atoms with Crippen LogP contribution in [-0.4, -0.2) is 22.6 Å². The largest absolute Gasteiger partial charge is 0.481 e. The number of Topliss-reactive ketones (excluding diaryl/α,β-unsaturated/α-hetero) is 1. The lowest BCUT2D eigenvalue weighted by Crippen LogP contribution is -2.66. The SMILES string of the molecule is CC1(C)C(=O)CC[C@@]2(C)[C@H]1CC[C@]1(C)[C@H]2C(=O)C=C2[C@H]3C[C@@](C)(C(=O)O)CC[C@]3(C)CC[C@]21C. The lowest BCUT2D eigenvalue weighted by molar-refractivity contribution is -0.188. The summed E-state index contributed by atoms with van der Waals surface area (Å²) in [6.45, 7) is 15.5. The maximum Gasteiger partial charge on any atom is 0.309 e. The van der Waals surface area contributed by atoms with E-state index in [2.05, 4.69) is 41.5 Å². The summed E-state index contributed by atoms with van der Waals surface area (Å²) in [5.74, 6) is 0.222. The zero-order chi connectivity index (χ0) is 25.1. The third-order valence-electron chi connectivity index (χ3n) is 12.8. The predicted octanol–water partition coefficient (Wildman–Crippen LogP) is 6.62. The van der Waals surface area contributed by atoms with Crippen LogP contribution in [0.2, 0.25) is 0 Å². The second-order valence-electron chi connectivity index (χ2n) is 14.7. The van der Waals surface area contributed by atoms with Crippen molar-refractivity contribution in [2.45, 2.75) is 106 Å². The summed E-state index contributed by atoms with van der Waals surface area (Å²) in [6.07, 6.45) is 9.78. The van der Waals surface area contributed by atoms with E-state index in [1.54, 1.807) is 0 Å². The third kappa shape index (κ3) is 2.75. The van der Waals surface area contributed by atoms with E-state index in [-0.39, 0.29) is 50.6 Å². The van der Waals surface area contributed by atoms with Gasteiger partial charge in [0.2, 0.25) is 0 Å². The molecule has 0 aliphatic heterocycles. The number of carboxylic acids is 1. The van der Waals surface area contributed by atoms with Crippen LogP contribution in [-0.2, 0) is 14.4 Å². The molecule has 5 rings (SSSR count). The number of ketones is 2. The number of allylic oxidation sites excluding steroid dienone is 2. The van der Waals surface area contributed by atoms with Crippen LogP contribution in [0.3, 0.4) is 0 Å². The Hall–Kier alpha value is -1.45. The molecule has 188 valence electrons. The molecule has 8 atom stereocenters. The van der Waals surface area contributed by atoms with E-state index >= 15 is 0 Å². The maximum absolute atomic E-state index is 14.2. The zero-order valence-corrected chi connectivity index (χ0v) is 22.3. The molecule has 0 aromatic heterocycles. The van der Waals surface area contributed by atoms with Crippen LogP contribution in [0, 0.1) is 50.2 Å². The number of carbonyl (C=O) groups is 3. The van der Waals surface area contributed by atoms with Crippen molar-refractivity contribution < 1.29 is 19.5 Å². The first-order chi connectivity index (χ1) is 15.6. The van der Waals surface area contributed by atoms with Crippen molar-refractivity contribution in [3.8, 4) is 0 Å². The van der Waals surface area contributed by atoms with Gasteiger partial charge in [-0.05, 0) is 97.9 Å². The molecule has 0 bridgehead atoms. The Balaban J connectivity index is 1.63. The van der Waals surface area contributed by atoms with Crippen LogP contribution in [0.5, 0.6) is 0 Å². The van der Waals surface area contributed by atoms with E-state index in [1.807, 2.05) is 13.0 Å². The molecule has 34 heavy (non-hydrogen) atoms. The molecule has 0 aromatic carbocycles. The molecule has 0 heterocycles. The van der Waals surface area contributed by atoms with Gasteiger partial charge >= 0.3 is 5.97 Å². The zero-order valence-electron chi connectivity index (χ0n) is 22.3. The fraction of sp³-hybridized carbons (Fsp3) is 0.833. The number of carbonyl (C=O) groups excluding carboxylic acids is 2. The van der Waals surface area contributed by atoms with E-state index < -0.39 is 11.4 Å². The standard InChI is InChI=1S/C30H44O4/c1-25(2)21-8-11-30(7)23(28(21,5)10-9-22(25)32)20(31)16-18-19-17-27(4,24(33)34)13-12-26(19,3)14-15-29(18,30)6/h16,19,21,23H,8-15,17H2,1-7H3,(H,33,34)/t19-,21+,23+,26-,27+,28+,29-,30-/m1/s1. The van der Waals surface area contributed by atoms with Crippen LogP contribution in [0.25, 0.3) is 0 Å². The fourth-order valence-electron chi connectivity index (χ4n) is 10.2. The van der Waals surface area contributed by atoms with Gasteiger partial charge in [0.25, 0.3) is 0 Å². The summed E-state index contributed by atoms with van der Waals surface area (Å²) in [5, 5.41) is 10.0. The van der Waals surface area contributed by atoms with Gasteiger partial charge in [-0.1, -0.05) is 47.1 Å². The molecule has 0 aromatic rings. The molecular weight excluding hydrogens is 424 g/mol. The number of rotatable bonds is 1. The summed E-state index contributed by atoms with van der Waals surface area (Å²) in [6, 6.07) is 0. The second kappa shape index (κ2) is 6.85. The Labute approximate surface area is 205 Å². The molecular formula is C30H44O4. The van der Waals surface area contributed by atoms with Crippen molar-refractivity contribution in [3.63, 3.8) is 0 Å². The van der Waals surface area contributed by atoms with Gasteiger partial charge in [0.05, 0.1) is 5.41 Å². The number of carboxylic acid groups (broad SMARTS) is 1. The maximum atomic E-state index is 14.2. The van der Waals surface area contributed by atoms with Crippen LogP contribution < -0.4 is 0 Å². The first kappa shape index (κ1) is 24.3. The summed E-state index contributed by atoms with van der Waals surface area (Å²) in [7, 11) is 0. The molecule has 0 amide bonds. The highest BCUT2D eigenvalue weighted by Gasteiger charge is 2.70. The molecule has 4 fully saturated rings. The highest BCUT2D eigenvalue weighted by Crippen LogP contribution is 2.74. The molecule has 5 aliphatic carbocycles. The van der Waals surface area contributed by atoms with Crippen LogP contribution in [0.1, 0.15) is 106 Å². The van der Waals surface area contributed by atoms with Gasteiger partial charge in [0, 0.05) is 17.8 Å². The number of hydrogen-bond acceptors (Lipinski definition) is 3. The Morgan fingerprint density at radius 1 is 0.912 bits per heavy atom. The first-order valence-corrected chi connectivity index (χ1v) is 13.6. The average Bonchev–Trinajstić information content (AvgIpc) is 2.73. The summed E-state index contributed by atoms with van der Waals surface area (Å²) >= 11 is 0. The van der Waals surface area contributed by atoms with Crippen LogP contribution >= 0.6 is 0 Å². The predicted molar refractivity (Wildman–Crippen MR) is 132 cm³/mol. The molecule has 0 saturated heterocycles. The van der Waals surface area contributed by atoms with E-state index in [4.69, 9.17) is 0 Å². The highest BCUT2D eigenvalue weighted by molar-refractivity contribution is 5.96. The number of hydrogen-bond donors (Lipinski definition) is 1. The number of aliphatic carboxylic acids is 1. The van der Waals surface area contributed by atoms with Crippen molar-refractivity contribution in [2.75, 3.05) is 0 Å². The Kier molecular flexibility index (Phi) is 4.89. The molecule has 0 spiro atoms. The van der Waals surface area contributed by atoms with Gasteiger partial charge in [0.15, 0.2) is 5.78 Å². The number of fused-ring (bicyclic) bond motifs is 7. The molecule has 4 heteroatoms. The Morgan fingerprint density at radius 3 is 2.21 bits per heavy atom. The Bertz CT molecular complexity index is 1010. The molecule has 0 radical (unpaired) electrons. The third-order valence-corrected chi connectivity index (χ3v) is 12.8. The Morgan fingerprint density at radius 2 is 1.56 bits per heavy atom. The molecule has 4 saturated carbocycles. The normalized spacial score (nSPS) is 52.0. The van der Waals surface area contributed by atoms with Crippen molar-refractivity contribution in [3.05, 3.63) is 11.6 Å². The highest BCUT2D eigenvalue weighted by atomic mass is 16.4. The fourth-order valence-corrected chi connectivity index (χ4v) is 10.2. The second-order valence-corrected chi connectivity index (χ2v) is 14.7. The molecule has 1 N–H and O–H groups in total. The minimum atomic E-state index is -0.721. The summed E-state index contributed by atoms with van der Waals surface area (Å²) in [4.78, 5) is 39.3. The van der Waals surface area contributed by atoms with Crippen molar-refractivity contribution in [2.24, 2.45) is 50.2 Å². The monoisotopic (exact) mass is 468 g/mol. The quantitative estimate of drug-likeness (QED) is 0.469. The molecule has 4 nitrogen and oxygen atoms in total. The lowest BCUT2D eigenvalue weighted by Gasteiger charge is -2.69. The van der Waals surface area contributed by atoms with Gasteiger partial charge in [-0.2, -0.15) is 0 Å². The van der Waals surface area contributed by atoms with Gasteiger partial charge in [0.1, 0.15) is 5.78 Å². The topological polar surface area (TPSA) is 71.4 Å². The van der Waals surface area contributed by atoms with Gasteiger partial charge in [-0.15, -0.1) is 0 Å². The van der Waals surface area contributed by atoms with Crippen molar-refractivity contribution in [1.82, 2.24) is 0 Å². The van der Waals surface area contributed by atoms with Gasteiger partial charge < -0.3 is 5.11 Å². The van der Waals surface area contributed by atoms with E-state index in [9.17, 15) is 19.5 Å². The minimum absolute atomic E-state index is 0.0707. The van der Waals surface area contributed by atoms with Crippen molar-refractivity contribution >= 4 is 17.5 Å². The molecule has 5 aliphatic rings. The smallest absolute Gasteiger partial charge is 0.309 e. The van der Waals surface area contributed by atoms with Crippen molar-refractivity contribution in [1.29, 1.82) is 0 Å². The average molecular weight is 469 g/mol.